The van der Waals surface area contributed by atoms with Crippen LogP contribution >= 0.6 is 34.3 Å². The number of carbonyl (C=O) groups excluding carboxylic acids is 1. The smallest absolute Gasteiger partial charge is 0.273 e. The third-order valence-electron chi connectivity index (χ3n) is 4.35. The van der Waals surface area contributed by atoms with Gasteiger partial charge in [0.15, 0.2) is 5.69 Å². The molecule has 1 N–H and O–H groups in total. The van der Waals surface area contributed by atoms with Crippen molar-refractivity contribution in [1.29, 1.82) is 0 Å². The van der Waals surface area contributed by atoms with Crippen LogP contribution in [0.4, 0.5) is 0 Å². The van der Waals surface area contributed by atoms with Crippen LogP contribution in [0.1, 0.15) is 26.1 Å². The summed E-state index contributed by atoms with van der Waals surface area (Å²) in [5.74, 6) is -0.234. The second kappa shape index (κ2) is 8.44. The molecule has 0 atom stereocenters. The second-order valence-corrected chi connectivity index (χ2v) is 9.11. The molecule has 6 nitrogen and oxygen atoms in total. The van der Waals surface area contributed by atoms with Crippen molar-refractivity contribution in [3.63, 3.8) is 0 Å². The van der Waals surface area contributed by atoms with E-state index in [0.29, 0.717) is 23.0 Å². The molecule has 0 radical (unpaired) electrons. The number of thiazole rings is 1. The van der Waals surface area contributed by atoms with Gasteiger partial charge >= 0.3 is 0 Å². The Bertz CT molecular complexity index is 1160. The maximum atomic E-state index is 12.5. The number of benzene rings is 1. The highest BCUT2D eigenvalue weighted by Crippen LogP contribution is 2.29. The molecule has 0 bridgehead atoms. The number of aryl methyl sites for hydroxylation is 1. The minimum Gasteiger partial charge on any atom is -0.350 e. The molecule has 0 spiro atoms. The number of amides is 1. The Labute approximate surface area is 181 Å². The maximum Gasteiger partial charge on any atom is 0.273 e. The molecule has 0 saturated carbocycles. The lowest BCUT2D eigenvalue weighted by Gasteiger charge is -2.05. The minimum atomic E-state index is -0.234. The SMILES string of the molecule is Cc1nc(-c2ccc(CCNC(=O)c3nnn(-c4cccc(Cl)c4)c3C)s2)cs1. The third-order valence-corrected chi connectivity index (χ3v) is 6.53. The predicted octanol–water partition coefficient (Wildman–Crippen LogP) is 4.70. The average molecular weight is 444 g/mol. The number of nitrogens with zero attached hydrogens (tertiary/aromatic N) is 4. The van der Waals surface area contributed by atoms with Crippen LogP contribution in [0.2, 0.25) is 5.02 Å². The van der Waals surface area contributed by atoms with Gasteiger partial charge in [0.1, 0.15) is 0 Å². The molecule has 29 heavy (non-hydrogen) atoms. The Hall–Kier alpha value is -2.55. The summed E-state index contributed by atoms with van der Waals surface area (Å²) in [6.45, 7) is 4.35. The van der Waals surface area contributed by atoms with Gasteiger partial charge < -0.3 is 5.32 Å². The first-order valence-electron chi connectivity index (χ1n) is 8.99. The molecule has 0 saturated heterocycles. The zero-order valence-electron chi connectivity index (χ0n) is 15.8. The Balaban J connectivity index is 1.38. The highest BCUT2D eigenvalue weighted by molar-refractivity contribution is 7.16. The van der Waals surface area contributed by atoms with Gasteiger partial charge in [0.2, 0.25) is 0 Å². The zero-order valence-corrected chi connectivity index (χ0v) is 18.2. The Kier molecular flexibility index (Phi) is 5.75. The molecular weight excluding hydrogens is 426 g/mol. The summed E-state index contributed by atoms with van der Waals surface area (Å²) >= 11 is 9.39. The average Bonchev–Trinajstić information content (AvgIpc) is 3.41. The summed E-state index contributed by atoms with van der Waals surface area (Å²) < 4.78 is 1.61. The van der Waals surface area contributed by atoms with E-state index in [2.05, 4.69) is 38.1 Å². The fourth-order valence-corrected chi connectivity index (χ4v) is 4.74. The summed E-state index contributed by atoms with van der Waals surface area (Å²) in [4.78, 5) is 19.4. The topological polar surface area (TPSA) is 72.7 Å². The number of hydrogen-bond acceptors (Lipinski definition) is 6. The molecule has 1 aromatic carbocycles. The largest absolute Gasteiger partial charge is 0.350 e. The number of rotatable bonds is 6. The normalized spacial score (nSPS) is 11.0. The van der Waals surface area contributed by atoms with E-state index >= 15 is 0 Å². The van der Waals surface area contributed by atoms with Crippen LogP contribution in [-0.4, -0.2) is 32.4 Å². The van der Waals surface area contributed by atoms with Crippen LogP contribution < -0.4 is 5.32 Å². The third kappa shape index (κ3) is 4.39. The number of aromatic nitrogens is 4. The minimum absolute atomic E-state index is 0.234. The van der Waals surface area contributed by atoms with Gasteiger partial charge in [-0.1, -0.05) is 22.9 Å². The molecule has 9 heteroatoms. The van der Waals surface area contributed by atoms with Crippen LogP contribution in [0.15, 0.2) is 41.8 Å². The molecule has 0 unspecified atom stereocenters. The van der Waals surface area contributed by atoms with E-state index in [9.17, 15) is 4.79 Å². The molecule has 4 rings (SSSR count). The van der Waals surface area contributed by atoms with Crippen molar-refractivity contribution in [3.05, 3.63) is 68.1 Å². The Morgan fingerprint density at radius 1 is 1.24 bits per heavy atom. The van der Waals surface area contributed by atoms with E-state index in [1.165, 1.54) is 4.88 Å². The number of hydrogen-bond donors (Lipinski definition) is 1. The van der Waals surface area contributed by atoms with Crippen molar-refractivity contribution in [2.75, 3.05) is 6.54 Å². The fourth-order valence-electron chi connectivity index (χ4n) is 2.90. The number of thiophene rings is 1. The van der Waals surface area contributed by atoms with Crippen molar-refractivity contribution in [2.24, 2.45) is 0 Å². The predicted molar refractivity (Wildman–Crippen MR) is 117 cm³/mol. The van der Waals surface area contributed by atoms with Gasteiger partial charge in [-0.3, -0.25) is 4.79 Å². The van der Waals surface area contributed by atoms with Gasteiger partial charge in [0, 0.05) is 21.8 Å². The van der Waals surface area contributed by atoms with Crippen molar-refractivity contribution < 1.29 is 4.79 Å². The van der Waals surface area contributed by atoms with Crippen molar-refractivity contribution in [2.45, 2.75) is 20.3 Å². The van der Waals surface area contributed by atoms with E-state index in [1.54, 1.807) is 39.5 Å². The molecule has 0 aliphatic carbocycles. The van der Waals surface area contributed by atoms with Crippen LogP contribution in [-0.2, 0) is 6.42 Å². The summed E-state index contributed by atoms with van der Waals surface area (Å²) in [5, 5.41) is 14.8. The lowest BCUT2D eigenvalue weighted by atomic mass is 10.2. The summed E-state index contributed by atoms with van der Waals surface area (Å²) in [6.07, 6.45) is 0.751. The van der Waals surface area contributed by atoms with Crippen LogP contribution in [0, 0.1) is 13.8 Å². The number of carbonyl (C=O) groups is 1. The molecule has 148 valence electrons. The summed E-state index contributed by atoms with van der Waals surface area (Å²) in [6, 6.07) is 11.4. The molecular formula is C20H18ClN5OS2. The second-order valence-electron chi connectivity index (χ2n) is 6.44. The molecule has 0 aliphatic rings. The van der Waals surface area contributed by atoms with Gasteiger partial charge in [-0.15, -0.1) is 27.8 Å². The van der Waals surface area contributed by atoms with E-state index in [0.717, 1.165) is 27.7 Å². The van der Waals surface area contributed by atoms with Crippen LogP contribution in [0.25, 0.3) is 16.3 Å². The molecule has 4 aromatic rings. The van der Waals surface area contributed by atoms with E-state index in [1.807, 2.05) is 26.0 Å². The van der Waals surface area contributed by atoms with Gasteiger partial charge in [0.05, 0.1) is 27.0 Å². The molecule has 0 fully saturated rings. The highest BCUT2D eigenvalue weighted by atomic mass is 35.5. The first kappa shape index (κ1) is 19.8. The molecule has 1 amide bonds. The highest BCUT2D eigenvalue weighted by Gasteiger charge is 2.17. The molecule has 3 heterocycles. The van der Waals surface area contributed by atoms with Crippen molar-refractivity contribution in [1.82, 2.24) is 25.3 Å². The summed E-state index contributed by atoms with van der Waals surface area (Å²) in [5.41, 5.74) is 2.77. The standard InChI is InChI=1S/C20H18ClN5OS2/c1-12-19(24-25-26(12)15-5-3-4-14(21)10-15)20(27)22-9-8-16-6-7-18(29-16)17-11-28-13(2)23-17/h3-7,10-11H,8-9H2,1-2H3,(H,22,27). The van der Waals surface area contributed by atoms with Gasteiger partial charge in [-0.2, -0.15) is 0 Å². The zero-order chi connectivity index (χ0) is 20.4. The molecule has 3 aromatic heterocycles. The lowest BCUT2D eigenvalue weighted by molar-refractivity contribution is 0.0948. The first-order valence-corrected chi connectivity index (χ1v) is 11.1. The Morgan fingerprint density at radius 2 is 2.10 bits per heavy atom. The Morgan fingerprint density at radius 3 is 2.86 bits per heavy atom. The molecule has 0 aliphatic heterocycles. The van der Waals surface area contributed by atoms with Crippen molar-refractivity contribution in [3.8, 4) is 16.3 Å². The van der Waals surface area contributed by atoms with Crippen LogP contribution in [0.3, 0.4) is 0 Å². The maximum absolute atomic E-state index is 12.5. The van der Waals surface area contributed by atoms with E-state index in [-0.39, 0.29) is 5.91 Å². The van der Waals surface area contributed by atoms with Gasteiger partial charge in [0.25, 0.3) is 5.91 Å². The fraction of sp³-hybridized carbons (Fsp3) is 0.200. The lowest BCUT2D eigenvalue weighted by Crippen LogP contribution is -2.26. The van der Waals surface area contributed by atoms with Gasteiger partial charge in [-0.05, 0) is 50.6 Å². The first-order chi connectivity index (χ1) is 14.0. The van der Waals surface area contributed by atoms with E-state index in [4.69, 9.17) is 11.6 Å². The number of nitrogens with one attached hydrogen (secondary N) is 1. The van der Waals surface area contributed by atoms with Crippen LogP contribution in [0.5, 0.6) is 0 Å². The van der Waals surface area contributed by atoms with Crippen molar-refractivity contribution >= 4 is 40.2 Å². The summed E-state index contributed by atoms with van der Waals surface area (Å²) in [7, 11) is 0. The quantitative estimate of drug-likeness (QED) is 0.469. The van der Waals surface area contributed by atoms with E-state index < -0.39 is 0 Å². The van der Waals surface area contributed by atoms with Gasteiger partial charge in [-0.25, -0.2) is 9.67 Å². The number of halogens is 1. The monoisotopic (exact) mass is 443 g/mol.